The summed E-state index contributed by atoms with van der Waals surface area (Å²) in [4.78, 5) is 42.5. The van der Waals surface area contributed by atoms with Crippen LogP contribution in [-0.2, 0) is 9.53 Å². The third-order valence-corrected chi connectivity index (χ3v) is 8.20. The summed E-state index contributed by atoms with van der Waals surface area (Å²) < 4.78 is 24.6. The Labute approximate surface area is 243 Å². The minimum absolute atomic E-state index is 0.0528. The van der Waals surface area contributed by atoms with Gasteiger partial charge in [-0.1, -0.05) is 17.4 Å². The molecule has 0 spiro atoms. The number of furan rings is 1. The molecule has 13 heteroatoms. The molecular formula is C28H20BrN3O8S. The minimum Gasteiger partial charge on any atom is -0.463 e. The number of nitrogens with zero attached hydrogens (tertiary/aromatic N) is 3. The molecule has 0 fully saturated rings. The lowest BCUT2D eigenvalue weighted by atomic mass is 9.95. The number of thiazole rings is 1. The Bertz CT molecular complexity index is 1950. The normalized spacial score (nSPS) is 16.0. The molecule has 4 aromatic rings. The van der Waals surface area contributed by atoms with E-state index < -0.39 is 16.9 Å². The highest BCUT2D eigenvalue weighted by Gasteiger charge is 2.34. The number of carbonyl (C=O) groups excluding carboxylic acids is 1. The molecule has 0 bridgehead atoms. The van der Waals surface area contributed by atoms with Crippen LogP contribution in [0.4, 0.5) is 5.69 Å². The molecule has 2 aliphatic rings. The van der Waals surface area contributed by atoms with Gasteiger partial charge in [0, 0.05) is 28.2 Å². The van der Waals surface area contributed by atoms with Crippen LogP contribution in [-0.4, -0.2) is 28.9 Å². The van der Waals surface area contributed by atoms with Crippen molar-refractivity contribution in [1.82, 2.24) is 4.57 Å². The second-order valence-corrected chi connectivity index (χ2v) is 10.9. The van der Waals surface area contributed by atoms with Crippen LogP contribution >= 0.6 is 27.3 Å². The molecule has 208 valence electrons. The highest BCUT2D eigenvalue weighted by atomic mass is 79.9. The van der Waals surface area contributed by atoms with E-state index in [9.17, 15) is 19.7 Å². The van der Waals surface area contributed by atoms with Crippen LogP contribution in [0, 0.1) is 10.1 Å². The van der Waals surface area contributed by atoms with E-state index in [1.807, 2.05) is 0 Å². The average Bonchev–Trinajstić information content (AvgIpc) is 3.67. The first kappa shape index (κ1) is 26.7. The molecule has 0 N–H and O–H groups in total. The predicted molar refractivity (Wildman–Crippen MR) is 151 cm³/mol. The molecule has 1 atom stereocenters. The number of fused-ring (bicyclic) bond motifs is 2. The van der Waals surface area contributed by atoms with Crippen LogP contribution < -0.4 is 24.4 Å². The summed E-state index contributed by atoms with van der Waals surface area (Å²) in [5, 5.41) is 11.1. The van der Waals surface area contributed by atoms with Gasteiger partial charge >= 0.3 is 5.97 Å². The number of esters is 1. The molecule has 11 nitrogen and oxygen atoms in total. The van der Waals surface area contributed by atoms with Crippen molar-refractivity contribution in [3.63, 3.8) is 0 Å². The van der Waals surface area contributed by atoms with Crippen LogP contribution in [0.1, 0.15) is 31.2 Å². The number of halogens is 1. The summed E-state index contributed by atoms with van der Waals surface area (Å²) in [7, 11) is 0. The van der Waals surface area contributed by atoms with Crippen LogP contribution in [0.5, 0.6) is 11.5 Å². The summed E-state index contributed by atoms with van der Waals surface area (Å²) in [6, 6.07) is 12.3. The van der Waals surface area contributed by atoms with E-state index in [4.69, 9.17) is 18.6 Å². The molecule has 2 aliphatic heterocycles. The number of non-ortho nitro benzene ring substituents is 1. The third kappa shape index (κ3) is 4.76. The van der Waals surface area contributed by atoms with Crippen molar-refractivity contribution < 1.29 is 28.3 Å². The Morgan fingerprint density at radius 2 is 2.02 bits per heavy atom. The quantitative estimate of drug-likeness (QED) is 0.172. The maximum Gasteiger partial charge on any atom is 0.338 e. The molecule has 0 amide bonds. The molecule has 0 unspecified atom stereocenters. The summed E-state index contributed by atoms with van der Waals surface area (Å²) in [6.45, 7) is 3.68. The van der Waals surface area contributed by atoms with Gasteiger partial charge in [-0.25, -0.2) is 9.79 Å². The second kappa shape index (κ2) is 10.5. The van der Waals surface area contributed by atoms with E-state index in [0.717, 1.165) is 0 Å². The van der Waals surface area contributed by atoms with Gasteiger partial charge in [-0.15, -0.1) is 0 Å². The highest BCUT2D eigenvalue weighted by Crippen LogP contribution is 2.38. The number of allylic oxidation sites excluding steroid dienone is 1. The molecule has 2 aromatic heterocycles. The van der Waals surface area contributed by atoms with Crippen LogP contribution in [0.2, 0.25) is 0 Å². The van der Waals surface area contributed by atoms with Crippen molar-refractivity contribution in [3.8, 4) is 22.8 Å². The third-order valence-electron chi connectivity index (χ3n) is 6.56. The number of nitro benzene ring substituents is 1. The largest absolute Gasteiger partial charge is 0.463 e. The van der Waals surface area contributed by atoms with Gasteiger partial charge in [-0.2, -0.15) is 0 Å². The number of hydrogen-bond donors (Lipinski definition) is 0. The number of carbonyl (C=O) groups is 1. The molecule has 6 rings (SSSR count). The molecule has 2 aromatic carbocycles. The Hall–Kier alpha value is -4.49. The number of hydrogen-bond acceptors (Lipinski definition) is 10. The smallest absolute Gasteiger partial charge is 0.338 e. The van der Waals surface area contributed by atoms with Gasteiger partial charge < -0.3 is 18.6 Å². The topological polar surface area (TPSA) is 135 Å². The van der Waals surface area contributed by atoms with Gasteiger partial charge in [0.25, 0.3) is 11.2 Å². The molecule has 41 heavy (non-hydrogen) atoms. The number of nitro groups is 1. The van der Waals surface area contributed by atoms with Crippen molar-refractivity contribution in [3.05, 3.63) is 105 Å². The summed E-state index contributed by atoms with van der Waals surface area (Å²) in [6.07, 6.45) is 1.60. The first-order chi connectivity index (χ1) is 19.7. The zero-order valence-electron chi connectivity index (χ0n) is 21.6. The lowest BCUT2D eigenvalue weighted by Gasteiger charge is -2.24. The van der Waals surface area contributed by atoms with E-state index in [1.165, 1.54) is 28.0 Å². The average molecular weight is 638 g/mol. The van der Waals surface area contributed by atoms with Crippen LogP contribution in [0.25, 0.3) is 17.4 Å². The van der Waals surface area contributed by atoms with Crippen molar-refractivity contribution in [2.24, 2.45) is 4.99 Å². The Morgan fingerprint density at radius 3 is 2.78 bits per heavy atom. The standard InChI is InChI=1S/C28H20BrN3O8S/c1-3-37-27(34)24-14(2)30-28-31(25(24)15-4-8-21-22(10-15)39-13-38-21)26(33)23(41-28)12-17-6-9-20(40-17)18-7-5-16(32(35)36)11-19(18)29/h4-12,25H,3,13H2,1-2H3/b23-12-/t25-/m0/s1. The lowest BCUT2D eigenvalue weighted by molar-refractivity contribution is -0.384. The number of ether oxygens (including phenoxy) is 3. The van der Waals surface area contributed by atoms with Crippen molar-refractivity contribution in [2.45, 2.75) is 19.9 Å². The fraction of sp³-hybridized carbons (Fsp3) is 0.179. The molecular weight excluding hydrogens is 618 g/mol. The van der Waals surface area contributed by atoms with Crippen LogP contribution in [0.3, 0.4) is 0 Å². The number of aromatic nitrogens is 1. The Balaban J connectivity index is 1.45. The first-order valence-corrected chi connectivity index (χ1v) is 14.0. The molecule has 0 saturated heterocycles. The Morgan fingerprint density at radius 1 is 1.22 bits per heavy atom. The van der Waals surface area contributed by atoms with Gasteiger partial charge in [-0.05, 0) is 65.7 Å². The summed E-state index contributed by atoms with van der Waals surface area (Å²) in [5.74, 6) is 1.40. The lowest BCUT2D eigenvalue weighted by Crippen LogP contribution is -2.39. The first-order valence-electron chi connectivity index (χ1n) is 12.4. The van der Waals surface area contributed by atoms with Gasteiger partial charge in [0.05, 0.1) is 33.4 Å². The maximum absolute atomic E-state index is 13.8. The van der Waals surface area contributed by atoms with Crippen molar-refractivity contribution >= 4 is 45.0 Å². The monoisotopic (exact) mass is 637 g/mol. The van der Waals surface area contributed by atoms with Gasteiger partial charge in [0.1, 0.15) is 11.5 Å². The fourth-order valence-corrected chi connectivity index (χ4v) is 6.30. The fourth-order valence-electron chi connectivity index (χ4n) is 4.71. The van der Waals surface area contributed by atoms with E-state index >= 15 is 0 Å². The maximum atomic E-state index is 13.8. The summed E-state index contributed by atoms with van der Waals surface area (Å²) in [5.41, 5.74) is 1.55. The van der Waals surface area contributed by atoms with Crippen LogP contribution in [0.15, 0.2) is 78.5 Å². The van der Waals surface area contributed by atoms with E-state index in [1.54, 1.807) is 56.3 Å². The summed E-state index contributed by atoms with van der Waals surface area (Å²) >= 11 is 4.53. The van der Waals surface area contributed by atoms with Gasteiger partial charge in [0.2, 0.25) is 6.79 Å². The zero-order chi connectivity index (χ0) is 28.8. The van der Waals surface area contributed by atoms with E-state index in [-0.39, 0.29) is 30.2 Å². The second-order valence-electron chi connectivity index (χ2n) is 9.04. The zero-order valence-corrected chi connectivity index (χ0v) is 24.0. The van der Waals surface area contributed by atoms with Crippen molar-refractivity contribution in [1.29, 1.82) is 0 Å². The number of benzene rings is 2. The van der Waals surface area contributed by atoms with E-state index in [0.29, 0.717) is 53.6 Å². The molecule has 0 aliphatic carbocycles. The number of rotatable bonds is 6. The molecule has 0 saturated carbocycles. The Kier molecular flexibility index (Phi) is 6.83. The minimum atomic E-state index is -0.801. The van der Waals surface area contributed by atoms with Gasteiger partial charge in [-0.3, -0.25) is 19.5 Å². The highest BCUT2D eigenvalue weighted by molar-refractivity contribution is 9.10. The van der Waals surface area contributed by atoms with E-state index in [2.05, 4.69) is 20.9 Å². The predicted octanol–water partition coefficient (Wildman–Crippen LogP) is 4.46. The van der Waals surface area contributed by atoms with Crippen molar-refractivity contribution in [2.75, 3.05) is 13.4 Å². The molecule has 4 heterocycles. The SMILES string of the molecule is CCOC(=O)C1=C(C)N=c2s/c(=C\c3ccc(-c4ccc([N+](=O)[O-])cc4Br)o3)c(=O)n2[C@H]1c1ccc2c(c1)OCO2. The molecule has 0 radical (unpaired) electrons. The van der Waals surface area contributed by atoms with Gasteiger partial charge in [0.15, 0.2) is 16.3 Å².